The van der Waals surface area contributed by atoms with Crippen molar-refractivity contribution in [2.75, 3.05) is 0 Å². The van der Waals surface area contributed by atoms with Crippen molar-refractivity contribution in [2.45, 2.75) is 38.9 Å². The molecule has 0 aliphatic carbocycles. The molecule has 0 spiro atoms. The number of hydrogen-bond donors (Lipinski definition) is 0. The van der Waals surface area contributed by atoms with E-state index in [-0.39, 0.29) is 11.2 Å². The molecule has 0 unspecified atom stereocenters. The first kappa shape index (κ1) is 61.1. The van der Waals surface area contributed by atoms with Gasteiger partial charge >= 0.3 is 7.12 Å². The molecule has 1 aliphatic rings. The quantitative estimate of drug-likeness (QED) is 0.122. The number of pyridine rings is 2. The fourth-order valence-electron chi connectivity index (χ4n) is 15.1. The van der Waals surface area contributed by atoms with Crippen LogP contribution in [0.5, 0.6) is 0 Å². The first-order valence-corrected chi connectivity index (χ1v) is 35.3. The van der Waals surface area contributed by atoms with Crippen LogP contribution < -0.4 is 5.46 Å². The molecule has 1 aliphatic heterocycles. The average molecular weight is 1380 g/mol. The fourth-order valence-corrected chi connectivity index (χ4v) is 15.4. The monoisotopic (exact) mass is 1380 g/mol. The Hall–Kier alpha value is -12.1. The van der Waals surface area contributed by atoms with Gasteiger partial charge in [0.2, 0.25) is 0 Å². The fraction of sp³-hybridized carbons (Fsp3) is 0.0667. The summed E-state index contributed by atoms with van der Waals surface area (Å²) in [5, 5.41) is 12.1. The van der Waals surface area contributed by atoms with Gasteiger partial charge in [-0.3, -0.25) is 17.9 Å². The van der Waals surface area contributed by atoms with Crippen LogP contribution in [-0.4, -0.2) is 56.2 Å². The Morgan fingerprint density at radius 1 is 0.304 bits per heavy atom. The van der Waals surface area contributed by atoms with E-state index in [0.29, 0.717) is 0 Å². The summed E-state index contributed by atoms with van der Waals surface area (Å²) < 4.78 is 22.9. The largest absolute Gasteiger partial charge is 0.494 e. The first-order valence-electron chi connectivity index (χ1n) is 34.6. The maximum Gasteiger partial charge on any atom is 0.494 e. The SMILES string of the molecule is Brc1ccc(-c2nc3ccccc3n2-c2ccccc2)cc1.CC1(C)OB(c2ccc3c4ccc5ccccc5c4c4nc5ccccc5n4c3c2)OC1(C)C.c1ccc(-n2c(-c3ccc(-c4ccc5c6ccc7ccccc7c6c6nc7ccccc7n6c5c4)cc3)nc3ccccc32)cc1. The zero-order valence-corrected chi connectivity index (χ0v) is 58.0. The van der Waals surface area contributed by atoms with E-state index in [1.807, 2.05) is 42.5 Å². The molecule has 1 saturated heterocycles. The molecule has 1 fully saturated rings. The molecule has 10 nitrogen and oxygen atoms in total. The lowest BCUT2D eigenvalue weighted by molar-refractivity contribution is 0.00578. The van der Waals surface area contributed by atoms with Crippen molar-refractivity contribution < 1.29 is 9.31 Å². The topological polar surface area (TPSA) is 88.7 Å². The summed E-state index contributed by atoms with van der Waals surface area (Å²) in [6, 6.07) is 111. The Morgan fingerprint density at radius 3 is 1.17 bits per heavy atom. The van der Waals surface area contributed by atoms with E-state index in [4.69, 9.17) is 29.2 Å². The molecule has 102 heavy (non-hydrogen) atoms. The molecule has 21 rings (SSSR count). The van der Waals surface area contributed by atoms with Crippen LogP contribution in [-0.2, 0) is 9.31 Å². The van der Waals surface area contributed by atoms with Crippen molar-refractivity contribution in [3.8, 4) is 45.3 Å². The molecule has 0 radical (unpaired) electrons. The van der Waals surface area contributed by atoms with E-state index in [0.717, 1.165) is 122 Å². The van der Waals surface area contributed by atoms with Crippen LogP contribution in [0.3, 0.4) is 0 Å². The number of para-hydroxylation sites is 10. The zero-order valence-electron chi connectivity index (χ0n) is 56.4. The third-order valence-corrected chi connectivity index (χ3v) is 21.3. The second-order valence-electron chi connectivity index (χ2n) is 27.3. The highest BCUT2D eigenvalue weighted by molar-refractivity contribution is 9.10. The smallest absolute Gasteiger partial charge is 0.399 e. The number of fused-ring (bicyclic) bond motifs is 22. The minimum absolute atomic E-state index is 0.383. The Balaban J connectivity index is 0.000000113. The van der Waals surface area contributed by atoms with E-state index in [1.54, 1.807) is 0 Å². The van der Waals surface area contributed by atoms with Gasteiger partial charge in [-0.25, -0.2) is 19.9 Å². The lowest BCUT2D eigenvalue weighted by Gasteiger charge is -2.32. The van der Waals surface area contributed by atoms with Gasteiger partial charge in [0.15, 0.2) is 0 Å². The Bertz CT molecular complexity index is 6710. The van der Waals surface area contributed by atoms with Gasteiger partial charge in [0.1, 0.15) is 22.9 Å². The van der Waals surface area contributed by atoms with Gasteiger partial charge in [-0.1, -0.05) is 234 Å². The molecule has 0 amide bonds. The number of hydrogen-bond acceptors (Lipinski definition) is 6. The van der Waals surface area contributed by atoms with E-state index in [1.165, 1.54) is 53.9 Å². The second kappa shape index (κ2) is 24.1. The Morgan fingerprint density at radius 2 is 0.676 bits per heavy atom. The van der Waals surface area contributed by atoms with E-state index < -0.39 is 7.12 Å². The van der Waals surface area contributed by atoms with Crippen LogP contribution in [0.25, 0.3) is 166 Å². The maximum absolute atomic E-state index is 6.38. The lowest BCUT2D eigenvalue weighted by atomic mass is 9.78. The molecule has 0 bridgehead atoms. The molecule has 0 atom stereocenters. The average Bonchev–Trinajstić information content (AvgIpc) is 1.45. The summed E-state index contributed by atoms with van der Waals surface area (Å²) in [5.41, 5.74) is 19.6. The zero-order chi connectivity index (χ0) is 68.4. The summed E-state index contributed by atoms with van der Waals surface area (Å²) >= 11 is 3.49. The first-order chi connectivity index (χ1) is 50.0. The van der Waals surface area contributed by atoms with Crippen molar-refractivity contribution in [1.29, 1.82) is 0 Å². The summed E-state index contributed by atoms with van der Waals surface area (Å²) in [6.45, 7) is 8.37. The minimum atomic E-state index is -0.411. The molecule has 486 valence electrons. The predicted octanol–water partition coefficient (Wildman–Crippen LogP) is 22.3. The molecule has 0 saturated carbocycles. The number of rotatable bonds is 6. The highest BCUT2D eigenvalue weighted by Gasteiger charge is 2.52. The third kappa shape index (κ3) is 10.1. The maximum atomic E-state index is 6.38. The minimum Gasteiger partial charge on any atom is -0.399 e. The summed E-state index contributed by atoms with van der Waals surface area (Å²) in [7, 11) is -0.411. The molecule has 14 aromatic carbocycles. The summed E-state index contributed by atoms with van der Waals surface area (Å²) in [6.07, 6.45) is 0. The Labute approximate surface area is 596 Å². The van der Waals surface area contributed by atoms with Crippen LogP contribution in [0.1, 0.15) is 27.7 Å². The number of imidazole rings is 4. The van der Waals surface area contributed by atoms with Crippen molar-refractivity contribution in [2.24, 2.45) is 0 Å². The second-order valence-corrected chi connectivity index (χ2v) is 28.2. The van der Waals surface area contributed by atoms with E-state index >= 15 is 0 Å². The van der Waals surface area contributed by atoms with Crippen molar-refractivity contribution in [1.82, 2.24) is 37.9 Å². The van der Waals surface area contributed by atoms with Crippen LogP contribution in [0, 0.1) is 0 Å². The molecule has 20 aromatic rings. The molecule has 6 aromatic heterocycles. The lowest BCUT2D eigenvalue weighted by Crippen LogP contribution is -2.41. The van der Waals surface area contributed by atoms with Crippen molar-refractivity contribution in [3.05, 3.63) is 320 Å². The summed E-state index contributed by atoms with van der Waals surface area (Å²) in [4.78, 5) is 20.2. The third-order valence-electron chi connectivity index (χ3n) is 20.8. The molecule has 12 heteroatoms. The van der Waals surface area contributed by atoms with E-state index in [2.05, 4.69) is 335 Å². The van der Waals surface area contributed by atoms with Crippen LogP contribution in [0.4, 0.5) is 0 Å². The van der Waals surface area contributed by atoms with Gasteiger partial charge in [0.05, 0.1) is 66.4 Å². The molecular weight excluding hydrogens is 1320 g/mol. The van der Waals surface area contributed by atoms with Crippen LogP contribution in [0.2, 0.25) is 0 Å². The van der Waals surface area contributed by atoms with Gasteiger partial charge < -0.3 is 9.31 Å². The number of aromatic nitrogens is 8. The standard InChI is InChI=1S/C42H26N4.C29H25BN2O2.C19H13BrN2/c1-2-11-31(12-3-1)45-37-16-8-6-14-35(37)43-41(45)29-20-18-27(19-21-29)30-23-24-33-34-25-22-28-10-4-5-13-32(28)40(34)42-44-36-15-7-9-17-38(36)46(42)39(33)26-30;1-28(2)29(3,4)34-30(33-28)19-14-16-21-22-15-13-18-9-5-6-10-20(18)26(22)27-31-23-11-7-8-12-24(23)32(27)25(21)17-19;20-15-12-10-14(11-13-15)19-21-17-8-4-5-9-18(17)22(19)16-6-2-1-3-7-16/h1-26H;5-17H,1-4H3;1-13H. The number of halogens is 1. The van der Waals surface area contributed by atoms with Crippen LogP contribution >= 0.6 is 15.9 Å². The van der Waals surface area contributed by atoms with Crippen molar-refractivity contribution >= 4 is 149 Å². The summed E-state index contributed by atoms with van der Waals surface area (Å²) in [5.74, 6) is 1.89. The number of nitrogens with zero attached hydrogens (tertiary/aromatic N) is 8. The highest BCUT2D eigenvalue weighted by atomic mass is 79.9. The highest BCUT2D eigenvalue weighted by Crippen LogP contribution is 2.42. The van der Waals surface area contributed by atoms with Gasteiger partial charge in [-0.05, 0) is 174 Å². The molecular formula is C90H64BBrN8O2. The molecule has 7 heterocycles. The van der Waals surface area contributed by atoms with Gasteiger partial charge in [0.25, 0.3) is 0 Å². The number of benzene rings is 14. The van der Waals surface area contributed by atoms with Crippen LogP contribution in [0.15, 0.2) is 320 Å². The molecule has 0 N–H and O–H groups in total. The van der Waals surface area contributed by atoms with Gasteiger partial charge in [0, 0.05) is 48.5 Å². The van der Waals surface area contributed by atoms with E-state index in [9.17, 15) is 0 Å². The van der Waals surface area contributed by atoms with Gasteiger partial charge in [-0.15, -0.1) is 0 Å². The predicted molar refractivity (Wildman–Crippen MR) is 426 cm³/mol. The normalized spacial score (nSPS) is 13.6. The van der Waals surface area contributed by atoms with Gasteiger partial charge in [-0.2, -0.15) is 0 Å². The van der Waals surface area contributed by atoms with Crippen molar-refractivity contribution in [3.63, 3.8) is 0 Å². The Kier molecular flexibility index (Phi) is 14.4.